The molecule has 1 aromatic heterocycles. The Morgan fingerprint density at radius 2 is 1.23 bits per heavy atom. The lowest BCUT2D eigenvalue weighted by Crippen LogP contribution is -2.40. The number of carbonyl (C=O) groups is 2. The molecule has 0 N–H and O–H groups in total. The van der Waals surface area contributed by atoms with E-state index >= 15 is 0 Å². The van der Waals surface area contributed by atoms with Crippen molar-refractivity contribution >= 4 is 27.5 Å². The molecule has 4 heteroatoms. The van der Waals surface area contributed by atoms with Crippen LogP contribution in [0.4, 0.5) is 0 Å². The Morgan fingerprint density at radius 3 is 1.77 bits per heavy atom. The Morgan fingerprint density at radius 1 is 0.731 bits per heavy atom. The molecular formula is C22H19BrNO2+. The Hall–Kier alpha value is -2.59. The third-order valence-electron chi connectivity index (χ3n) is 4.38. The first kappa shape index (κ1) is 18.2. The Bertz CT molecular complexity index is 934. The summed E-state index contributed by atoms with van der Waals surface area (Å²) in [5, 5.41) is 0. The molecule has 0 saturated carbocycles. The van der Waals surface area contributed by atoms with Gasteiger partial charge in [-0.25, -0.2) is 4.57 Å². The first-order chi connectivity index (χ1) is 12.5. The quantitative estimate of drug-likeness (QED) is 0.454. The first-order valence-electron chi connectivity index (χ1n) is 8.38. The molecule has 3 nitrogen and oxygen atoms in total. The van der Waals surface area contributed by atoms with Gasteiger partial charge in [0.25, 0.3) is 0 Å². The molecule has 130 valence electrons. The number of Topliss-reactive ketones (excluding diaryl/α,β-unsaturated/α-hetero) is 2. The van der Waals surface area contributed by atoms with Crippen molar-refractivity contribution in [1.82, 2.24) is 0 Å². The van der Waals surface area contributed by atoms with Crippen LogP contribution in [0.2, 0.25) is 0 Å². The third-order valence-corrected chi connectivity index (χ3v) is 4.91. The Kier molecular flexibility index (Phi) is 5.74. The van der Waals surface area contributed by atoms with E-state index in [9.17, 15) is 9.59 Å². The molecule has 2 aromatic carbocycles. The van der Waals surface area contributed by atoms with E-state index in [1.54, 1.807) is 0 Å². The number of hydrogen-bond donors (Lipinski definition) is 0. The van der Waals surface area contributed by atoms with Crippen molar-refractivity contribution in [2.24, 2.45) is 7.05 Å². The summed E-state index contributed by atoms with van der Waals surface area (Å²) in [6, 6.07) is 22.4. The topological polar surface area (TPSA) is 38.0 Å². The van der Waals surface area contributed by atoms with Gasteiger partial charge in [0.1, 0.15) is 7.05 Å². The molecule has 0 aliphatic rings. The zero-order chi connectivity index (χ0) is 18.5. The number of ketones is 2. The van der Waals surface area contributed by atoms with Gasteiger partial charge < -0.3 is 0 Å². The maximum atomic E-state index is 12.5. The molecule has 1 heterocycles. The molecule has 0 amide bonds. The summed E-state index contributed by atoms with van der Waals surface area (Å²) in [7, 11) is 1.90. The number of carbonyl (C=O) groups excluding carboxylic acids is 2. The molecule has 0 unspecified atom stereocenters. The molecule has 0 saturated heterocycles. The number of aromatic nitrogens is 1. The van der Waals surface area contributed by atoms with E-state index in [1.165, 1.54) is 0 Å². The predicted molar refractivity (Wildman–Crippen MR) is 104 cm³/mol. The Balaban J connectivity index is 1.77. The van der Waals surface area contributed by atoms with Crippen LogP contribution < -0.4 is 4.57 Å². The standard InChI is InChI=1S/C22H19BrNO2/c1-24-19(14-21(25)16-6-3-2-4-7-16)8-5-9-20(24)15-22(26)17-10-12-18(23)13-11-17/h2-13H,14-15H2,1H3/q+1. The Labute approximate surface area is 161 Å². The molecular weight excluding hydrogens is 390 g/mol. The van der Waals surface area contributed by atoms with Crippen molar-refractivity contribution in [3.8, 4) is 0 Å². The van der Waals surface area contributed by atoms with Crippen molar-refractivity contribution in [3.63, 3.8) is 0 Å². The van der Waals surface area contributed by atoms with Crippen molar-refractivity contribution in [2.75, 3.05) is 0 Å². The summed E-state index contributed by atoms with van der Waals surface area (Å²) in [6.45, 7) is 0. The van der Waals surface area contributed by atoms with Crippen LogP contribution in [0, 0.1) is 0 Å². The summed E-state index contributed by atoms with van der Waals surface area (Å²) in [5.41, 5.74) is 3.15. The summed E-state index contributed by atoms with van der Waals surface area (Å²) in [5.74, 6) is 0.122. The zero-order valence-electron chi connectivity index (χ0n) is 14.5. The van der Waals surface area contributed by atoms with Crippen LogP contribution >= 0.6 is 15.9 Å². The fourth-order valence-electron chi connectivity index (χ4n) is 2.83. The number of pyridine rings is 1. The predicted octanol–water partition coefficient (Wildman–Crippen LogP) is 4.12. The summed E-state index contributed by atoms with van der Waals surface area (Å²) < 4.78 is 2.89. The van der Waals surface area contributed by atoms with Crippen molar-refractivity contribution in [1.29, 1.82) is 0 Å². The second kappa shape index (κ2) is 8.19. The molecule has 0 spiro atoms. The van der Waals surface area contributed by atoms with Crippen LogP contribution in [-0.4, -0.2) is 11.6 Å². The van der Waals surface area contributed by atoms with Crippen molar-refractivity contribution in [2.45, 2.75) is 12.8 Å². The lowest BCUT2D eigenvalue weighted by molar-refractivity contribution is -0.685. The summed E-state index contributed by atoms with van der Waals surface area (Å²) in [4.78, 5) is 25.0. The molecule has 3 rings (SSSR count). The minimum absolute atomic E-state index is 0.0552. The maximum absolute atomic E-state index is 12.5. The van der Waals surface area contributed by atoms with Gasteiger partial charge in [-0.15, -0.1) is 0 Å². The minimum Gasteiger partial charge on any atom is -0.294 e. The monoisotopic (exact) mass is 408 g/mol. The van der Waals surface area contributed by atoms with Gasteiger partial charge in [0.05, 0.1) is 12.8 Å². The first-order valence-corrected chi connectivity index (χ1v) is 9.17. The van der Waals surface area contributed by atoms with E-state index in [0.29, 0.717) is 24.0 Å². The fourth-order valence-corrected chi connectivity index (χ4v) is 3.09. The number of benzene rings is 2. The summed E-state index contributed by atoms with van der Waals surface area (Å²) in [6.07, 6.45) is 0.603. The largest absolute Gasteiger partial charge is 0.294 e. The molecule has 0 aliphatic carbocycles. The van der Waals surface area contributed by atoms with Crippen LogP contribution in [0.1, 0.15) is 32.1 Å². The smallest absolute Gasteiger partial charge is 0.189 e. The van der Waals surface area contributed by atoms with E-state index in [0.717, 1.165) is 15.9 Å². The number of nitrogens with zero attached hydrogens (tertiary/aromatic N) is 1. The van der Waals surface area contributed by atoms with Crippen molar-refractivity contribution in [3.05, 3.63) is 99.8 Å². The average Bonchev–Trinajstić information content (AvgIpc) is 2.66. The van der Waals surface area contributed by atoms with Gasteiger partial charge in [0, 0.05) is 27.7 Å². The molecule has 0 aliphatic heterocycles. The van der Waals surface area contributed by atoms with Crippen LogP contribution in [0.15, 0.2) is 77.3 Å². The van der Waals surface area contributed by atoms with Crippen LogP contribution in [0.3, 0.4) is 0 Å². The van der Waals surface area contributed by atoms with Gasteiger partial charge in [-0.3, -0.25) is 9.59 Å². The maximum Gasteiger partial charge on any atom is 0.189 e. The molecule has 0 bridgehead atoms. The van der Waals surface area contributed by atoms with Crippen LogP contribution in [0.25, 0.3) is 0 Å². The van der Waals surface area contributed by atoms with Gasteiger partial charge >= 0.3 is 0 Å². The summed E-state index contributed by atoms with van der Waals surface area (Å²) >= 11 is 3.38. The van der Waals surface area contributed by atoms with Gasteiger partial charge in [-0.05, 0) is 18.2 Å². The van der Waals surface area contributed by atoms with E-state index in [4.69, 9.17) is 0 Å². The second-order valence-corrected chi connectivity index (χ2v) is 7.06. The second-order valence-electron chi connectivity index (χ2n) is 6.14. The highest BCUT2D eigenvalue weighted by molar-refractivity contribution is 9.10. The van der Waals surface area contributed by atoms with Gasteiger partial charge in [-0.2, -0.15) is 0 Å². The van der Waals surface area contributed by atoms with E-state index < -0.39 is 0 Å². The minimum atomic E-state index is 0.0552. The normalized spacial score (nSPS) is 10.5. The van der Waals surface area contributed by atoms with Gasteiger partial charge in [-0.1, -0.05) is 58.4 Å². The number of halogens is 1. The third kappa shape index (κ3) is 4.33. The van der Waals surface area contributed by atoms with Crippen LogP contribution in [0.5, 0.6) is 0 Å². The highest BCUT2D eigenvalue weighted by Gasteiger charge is 2.19. The molecule has 0 radical (unpaired) electrons. The SMILES string of the molecule is C[n+]1c(CC(=O)c2ccccc2)cccc1CC(=O)c1ccc(Br)cc1. The lowest BCUT2D eigenvalue weighted by atomic mass is 10.0. The average molecular weight is 409 g/mol. The van der Waals surface area contributed by atoms with E-state index in [-0.39, 0.29) is 11.6 Å². The molecule has 26 heavy (non-hydrogen) atoms. The van der Waals surface area contributed by atoms with E-state index in [2.05, 4.69) is 15.9 Å². The highest BCUT2D eigenvalue weighted by Crippen LogP contribution is 2.13. The zero-order valence-corrected chi connectivity index (χ0v) is 16.1. The van der Waals surface area contributed by atoms with Crippen LogP contribution in [-0.2, 0) is 19.9 Å². The molecule has 3 aromatic rings. The molecule has 0 fully saturated rings. The number of rotatable bonds is 6. The highest BCUT2D eigenvalue weighted by atomic mass is 79.9. The van der Waals surface area contributed by atoms with E-state index in [1.807, 2.05) is 84.4 Å². The number of hydrogen-bond acceptors (Lipinski definition) is 2. The van der Waals surface area contributed by atoms with Gasteiger partial charge in [0.2, 0.25) is 0 Å². The van der Waals surface area contributed by atoms with Crippen molar-refractivity contribution < 1.29 is 14.2 Å². The van der Waals surface area contributed by atoms with Gasteiger partial charge in [0.15, 0.2) is 23.0 Å². The fraction of sp³-hybridized carbons (Fsp3) is 0.136. The molecule has 0 atom stereocenters. The lowest BCUT2D eigenvalue weighted by Gasteiger charge is -2.05.